The number of hydrogen-bond donors (Lipinski definition) is 3. The van der Waals surface area contributed by atoms with Crippen molar-refractivity contribution in [2.24, 2.45) is 0 Å². The van der Waals surface area contributed by atoms with Crippen molar-refractivity contribution in [3.05, 3.63) is 42.7 Å². The molecule has 8 heteroatoms. The maximum absolute atomic E-state index is 12.0. The zero-order chi connectivity index (χ0) is 16.9. The Kier molecular flexibility index (Phi) is 4.76. The molecule has 0 saturated heterocycles. The minimum absolute atomic E-state index is 0.336. The molecule has 2 aromatic carbocycles. The fraction of sp³-hybridized carbons (Fsp3) is 0.125. The summed E-state index contributed by atoms with van der Waals surface area (Å²) in [5, 5.41) is 2.77. The average molecular weight is 344 g/mol. The van der Waals surface area contributed by atoms with Gasteiger partial charge in [-0.25, -0.2) is 9.78 Å². The Morgan fingerprint density at radius 1 is 1.17 bits per heavy atom. The summed E-state index contributed by atoms with van der Waals surface area (Å²) < 4.78 is 13.2. The van der Waals surface area contributed by atoms with E-state index in [0.717, 1.165) is 27.9 Å². The molecule has 0 saturated carbocycles. The number of nitrogens with zero attached hydrogens (tertiary/aromatic N) is 1. The highest BCUT2D eigenvalue weighted by Crippen LogP contribution is 2.31. The van der Waals surface area contributed by atoms with E-state index >= 15 is 0 Å². The van der Waals surface area contributed by atoms with Crippen molar-refractivity contribution in [2.75, 3.05) is 19.5 Å². The monoisotopic (exact) mass is 344 g/mol. The second-order valence-electron chi connectivity index (χ2n) is 4.81. The predicted octanol–water partition coefficient (Wildman–Crippen LogP) is 3.41. The number of rotatable bonds is 5. The van der Waals surface area contributed by atoms with Crippen LogP contribution in [0.25, 0.3) is 11.0 Å². The van der Waals surface area contributed by atoms with Gasteiger partial charge in [0.2, 0.25) is 0 Å². The summed E-state index contributed by atoms with van der Waals surface area (Å²) >= 11 is 1.16. The van der Waals surface area contributed by atoms with Crippen LogP contribution in [-0.2, 0) is 0 Å². The van der Waals surface area contributed by atoms with Crippen molar-refractivity contribution in [2.45, 2.75) is 4.90 Å². The van der Waals surface area contributed by atoms with Crippen molar-refractivity contribution >= 4 is 34.7 Å². The molecule has 3 aromatic rings. The normalized spacial score (nSPS) is 10.4. The number of methoxy groups -OCH3 is 2. The summed E-state index contributed by atoms with van der Waals surface area (Å²) in [6, 6.07) is 10.5. The van der Waals surface area contributed by atoms with Gasteiger partial charge >= 0.3 is 6.03 Å². The van der Waals surface area contributed by atoms with Gasteiger partial charge in [-0.3, -0.25) is 4.72 Å². The molecule has 0 radical (unpaired) electrons. The van der Waals surface area contributed by atoms with Crippen molar-refractivity contribution in [1.82, 2.24) is 14.7 Å². The molecule has 0 aliphatic heterocycles. The van der Waals surface area contributed by atoms with Crippen LogP contribution in [-0.4, -0.2) is 30.2 Å². The maximum atomic E-state index is 12.0. The third kappa shape index (κ3) is 3.54. The van der Waals surface area contributed by atoms with E-state index in [1.54, 1.807) is 38.7 Å². The van der Waals surface area contributed by atoms with Gasteiger partial charge in [-0.15, -0.1) is 0 Å². The lowest BCUT2D eigenvalue weighted by Crippen LogP contribution is -2.22. The SMILES string of the molecule is COc1ccc(SNC(=O)Nc2ccc3nc[nH]c3c2)c(OC)c1. The second kappa shape index (κ2) is 7.14. The molecule has 0 aliphatic rings. The standard InChI is InChI=1S/C16H16N4O3S/c1-22-11-4-6-15(14(8-11)23-2)24-20-16(21)19-10-3-5-12-13(7-10)18-9-17-12/h3-9H,1-2H3,(H,17,18)(H2,19,20,21). The summed E-state index contributed by atoms with van der Waals surface area (Å²) in [4.78, 5) is 20.0. The molecule has 3 N–H and O–H groups in total. The summed E-state index contributed by atoms with van der Waals surface area (Å²) in [6.07, 6.45) is 1.61. The lowest BCUT2D eigenvalue weighted by atomic mass is 10.3. The summed E-state index contributed by atoms with van der Waals surface area (Å²) in [5.41, 5.74) is 2.38. The van der Waals surface area contributed by atoms with Crippen LogP contribution < -0.4 is 19.5 Å². The van der Waals surface area contributed by atoms with Crippen LogP contribution in [0.2, 0.25) is 0 Å². The van der Waals surface area contributed by atoms with Crippen molar-refractivity contribution in [3.63, 3.8) is 0 Å². The number of ether oxygens (including phenoxy) is 2. The number of imidazole rings is 1. The molecular weight excluding hydrogens is 328 g/mol. The van der Waals surface area contributed by atoms with Crippen LogP contribution in [0.15, 0.2) is 47.6 Å². The number of H-pyrrole nitrogens is 1. The summed E-state index contributed by atoms with van der Waals surface area (Å²) in [7, 11) is 3.16. The van der Waals surface area contributed by atoms with Gasteiger partial charge in [0.15, 0.2) is 0 Å². The number of amides is 2. The lowest BCUT2D eigenvalue weighted by Gasteiger charge is -2.11. The van der Waals surface area contributed by atoms with Gasteiger partial charge in [-0.2, -0.15) is 0 Å². The first-order valence-electron chi connectivity index (χ1n) is 7.08. The first-order valence-corrected chi connectivity index (χ1v) is 7.90. The molecule has 24 heavy (non-hydrogen) atoms. The van der Waals surface area contributed by atoms with Crippen LogP contribution >= 0.6 is 11.9 Å². The highest BCUT2D eigenvalue weighted by molar-refractivity contribution is 7.98. The average Bonchev–Trinajstić information content (AvgIpc) is 3.07. The quantitative estimate of drug-likeness (QED) is 0.617. The molecular formula is C16H16N4O3S. The number of aromatic amines is 1. The fourth-order valence-electron chi connectivity index (χ4n) is 2.13. The van der Waals surface area contributed by atoms with Gasteiger partial charge in [-0.1, -0.05) is 0 Å². The summed E-state index contributed by atoms with van der Waals surface area (Å²) in [5.74, 6) is 1.31. The highest BCUT2D eigenvalue weighted by Gasteiger charge is 2.09. The molecule has 124 valence electrons. The lowest BCUT2D eigenvalue weighted by molar-refractivity contribution is 0.257. The molecule has 1 heterocycles. The molecule has 0 aliphatic carbocycles. The van der Waals surface area contributed by atoms with Crippen LogP contribution in [0.5, 0.6) is 11.5 Å². The highest BCUT2D eigenvalue weighted by atomic mass is 32.2. The van der Waals surface area contributed by atoms with E-state index in [4.69, 9.17) is 9.47 Å². The molecule has 0 spiro atoms. The van der Waals surface area contributed by atoms with E-state index in [0.29, 0.717) is 17.2 Å². The molecule has 0 fully saturated rings. The van der Waals surface area contributed by atoms with E-state index < -0.39 is 0 Å². The number of hydrogen-bond acceptors (Lipinski definition) is 5. The largest absolute Gasteiger partial charge is 0.497 e. The van der Waals surface area contributed by atoms with Gasteiger partial charge in [0, 0.05) is 11.8 Å². The zero-order valence-corrected chi connectivity index (χ0v) is 13.9. The first kappa shape index (κ1) is 16.0. The first-order chi connectivity index (χ1) is 11.7. The smallest absolute Gasteiger partial charge is 0.329 e. The van der Waals surface area contributed by atoms with E-state index in [1.165, 1.54) is 0 Å². The van der Waals surface area contributed by atoms with Gasteiger partial charge in [-0.05, 0) is 42.3 Å². The topological polar surface area (TPSA) is 88.3 Å². The number of aromatic nitrogens is 2. The van der Waals surface area contributed by atoms with Crippen LogP contribution in [0.4, 0.5) is 10.5 Å². The second-order valence-corrected chi connectivity index (χ2v) is 5.66. The number of carbonyl (C=O) groups excluding carboxylic acids is 1. The van der Waals surface area contributed by atoms with E-state index in [1.807, 2.05) is 18.2 Å². The minimum Gasteiger partial charge on any atom is -0.497 e. The molecule has 1 aromatic heterocycles. The zero-order valence-electron chi connectivity index (χ0n) is 13.1. The van der Waals surface area contributed by atoms with E-state index in [-0.39, 0.29) is 6.03 Å². The predicted molar refractivity (Wildman–Crippen MR) is 93.7 cm³/mol. The number of nitrogens with one attached hydrogen (secondary N) is 3. The molecule has 3 rings (SSSR count). The Hall–Kier alpha value is -2.87. The third-order valence-electron chi connectivity index (χ3n) is 3.30. The maximum Gasteiger partial charge on any atom is 0.329 e. The Morgan fingerprint density at radius 2 is 2.04 bits per heavy atom. The van der Waals surface area contributed by atoms with Crippen molar-refractivity contribution in [1.29, 1.82) is 0 Å². The van der Waals surface area contributed by atoms with Crippen LogP contribution in [0.1, 0.15) is 0 Å². The Bertz CT molecular complexity index is 865. The number of carbonyl (C=O) groups is 1. The van der Waals surface area contributed by atoms with E-state index in [9.17, 15) is 4.79 Å². The van der Waals surface area contributed by atoms with Crippen molar-refractivity contribution < 1.29 is 14.3 Å². The number of benzene rings is 2. The number of anilines is 1. The van der Waals surface area contributed by atoms with E-state index in [2.05, 4.69) is 20.0 Å². The van der Waals surface area contributed by atoms with Crippen LogP contribution in [0.3, 0.4) is 0 Å². The fourth-order valence-corrected chi connectivity index (χ4v) is 2.76. The van der Waals surface area contributed by atoms with Gasteiger partial charge < -0.3 is 19.8 Å². The number of fused-ring (bicyclic) bond motifs is 1. The minimum atomic E-state index is -0.336. The van der Waals surface area contributed by atoms with Gasteiger partial charge in [0.05, 0.1) is 36.5 Å². The number of urea groups is 1. The molecule has 2 amide bonds. The summed E-state index contributed by atoms with van der Waals surface area (Å²) in [6.45, 7) is 0. The molecule has 0 unspecified atom stereocenters. The van der Waals surface area contributed by atoms with Gasteiger partial charge in [0.25, 0.3) is 0 Å². The molecule has 0 bridgehead atoms. The Balaban J connectivity index is 1.63. The Labute approximate surface area is 142 Å². The van der Waals surface area contributed by atoms with Crippen molar-refractivity contribution in [3.8, 4) is 11.5 Å². The molecule has 0 atom stereocenters. The third-order valence-corrected chi connectivity index (χ3v) is 4.15. The van der Waals surface area contributed by atoms with Crippen LogP contribution in [0, 0.1) is 0 Å². The van der Waals surface area contributed by atoms with Gasteiger partial charge in [0.1, 0.15) is 11.5 Å². The molecule has 7 nitrogen and oxygen atoms in total. The Morgan fingerprint density at radius 3 is 2.83 bits per heavy atom.